The lowest BCUT2D eigenvalue weighted by molar-refractivity contribution is 1.07. The lowest BCUT2D eigenvalue weighted by atomic mass is 10.0. The summed E-state index contributed by atoms with van der Waals surface area (Å²) in [5.74, 6) is 1.89. The molecule has 5 nitrogen and oxygen atoms in total. The Hall–Kier alpha value is -7.63. The molecule has 0 saturated carbocycles. The number of rotatable bonds is 6. The van der Waals surface area contributed by atoms with Crippen LogP contribution in [0.4, 0.5) is 0 Å². The second-order valence-corrected chi connectivity index (χ2v) is 14.1. The highest BCUT2D eigenvalue weighted by Crippen LogP contribution is 2.36. The fourth-order valence-corrected chi connectivity index (χ4v) is 8.15. The molecule has 8 aromatic carbocycles. The van der Waals surface area contributed by atoms with E-state index in [9.17, 15) is 0 Å². The zero-order chi connectivity index (χ0) is 37.0. The molecule has 0 amide bonds. The predicted octanol–water partition coefficient (Wildman–Crippen LogP) is 12.7. The van der Waals surface area contributed by atoms with Gasteiger partial charge in [0.05, 0.1) is 22.1 Å². The van der Waals surface area contributed by atoms with Gasteiger partial charge in [-0.25, -0.2) is 15.0 Å². The first kappa shape index (κ1) is 31.9. The van der Waals surface area contributed by atoms with Gasteiger partial charge in [-0.2, -0.15) is 0 Å². The third-order valence-electron chi connectivity index (χ3n) is 10.8. The van der Waals surface area contributed by atoms with E-state index in [1.165, 1.54) is 32.6 Å². The molecule has 11 aromatic rings. The average molecular weight is 716 g/mol. The van der Waals surface area contributed by atoms with Crippen molar-refractivity contribution in [2.45, 2.75) is 0 Å². The van der Waals surface area contributed by atoms with Gasteiger partial charge in [-0.05, 0) is 59.7 Å². The van der Waals surface area contributed by atoms with Gasteiger partial charge in [0.15, 0.2) is 17.5 Å². The molecule has 11 rings (SSSR count). The van der Waals surface area contributed by atoms with Crippen molar-refractivity contribution in [3.8, 4) is 56.7 Å². The molecule has 0 aliphatic carbocycles. The van der Waals surface area contributed by atoms with Crippen LogP contribution >= 0.6 is 0 Å². The summed E-state index contributed by atoms with van der Waals surface area (Å²) in [7, 11) is 0. The molecule has 0 aliphatic rings. The smallest absolute Gasteiger partial charge is 0.164 e. The van der Waals surface area contributed by atoms with Crippen LogP contribution in [0.1, 0.15) is 0 Å². The summed E-state index contributed by atoms with van der Waals surface area (Å²) < 4.78 is 4.68. The summed E-state index contributed by atoms with van der Waals surface area (Å²) in [6, 6.07) is 70.3. The van der Waals surface area contributed by atoms with E-state index in [4.69, 9.17) is 15.0 Å². The van der Waals surface area contributed by atoms with Gasteiger partial charge in [0.2, 0.25) is 0 Å². The summed E-state index contributed by atoms with van der Waals surface area (Å²) in [5.41, 5.74) is 11.9. The highest BCUT2D eigenvalue weighted by atomic mass is 15.0. The maximum Gasteiger partial charge on any atom is 0.164 e. The molecule has 0 N–H and O–H groups in total. The number of aromatic nitrogens is 5. The Morgan fingerprint density at radius 3 is 1.27 bits per heavy atom. The van der Waals surface area contributed by atoms with Gasteiger partial charge in [0.25, 0.3) is 0 Å². The van der Waals surface area contributed by atoms with E-state index >= 15 is 0 Å². The quantitative estimate of drug-likeness (QED) is 0.172. The van der Waals surface area contributed by atoms with Crippen LogP contribution in [0.2, 0.25) is 0 Å². The van der Waals surface area contributed by atoms with Gasteiger partial charge in [-0.3, -0.25) is 0 Å². The average Bonchev–Trinajstić information content (AvgIpc) is 3.80. The molecule has 3 heterocycles. The molecular formula is C51H33N5. The maximum absolute atomic E-state index is 5.14. The Morgan fingerprint density at radius 1 is 0.250 bits per heavy atom. The zero-order valence-electron chi connectivity index (χ0n) is 30.3. The van der Waals surface area contributed by atoms with Crippen molar-refractivity contribution in [2.24, 2.45) is 0 Å². The van der Waals surface area contributed by atoms with Crippen molar-refractivity contribution in [1.82, 2.24) is 24.1 Å². The Labute approximate surface area is 323 Å². The molecule has 56 heavy (non-hydrogen) atoms. The van der Waals surface area contributed by atoms with E-state index in [2.05, 4.69) is 179 Å². The van der Waals surface area contributed by atoms with Gasteiger partial charge >= 0.3 is 0 Å². The lowest BCUT2D eigenvalue weighted by Crippen LogP contribution is -2.00. The fraction of sp³-hybridized carbons (Fsp3) is 0. The fourth-order valence-electron chi connectivity index (χ4n) is 8.15. The molecule has 262 valence electrons. The van der Waals surface area contributed by atoms with Crippen LogP contribution in [0.15, 0.2) is 200 Å². The van der Waals surface area contributed by atoms with Crippen molar-refractivity contribution in [1.29, 1.82) is 0 Å². The molecule has 0 atom stereocenters. The Kier molecular flexibility index (Phi) is 7.42. The SMILES string of the molecule is c1ccc(-c2nc(-c3ccc(-c4cccc(-n5c6ccccc6c6ccccc65)c4)cc3)nc(-c3ccc4c5ccccc5n(-c5ccccc5)c4c3)n2)cc1. The lowest BCUT2D eigenvalue weighted by Gasteiger charge is -2.12. The minimum Gasteiger partial charge on any atom is -0.309 e. The van der Waals surface area contributed by atoms with Gasteiger partial charge < -0.3 is 9.13 Å². The Morgan fingerprint density at radius 2 is 0.661 bits per heavy atom. The molecule has 5 heteroatoms. The molecule has 0 unspecified atom stereocenters. The summed E-state index contributed by atoms with van der Waals surface area (Å²) in [5, 5.41) is 4.90. The van der Waals surface area contributed by atoms with Crippen LogP contribution in [0, 0.1) is 0 Å². The molecule has 0 fully saturated rings. The number of fused-ring (bicyclic) bond motifs is 6. The van der Waals surface area contributed by atoms with Crippen molar-refractivity contribution in [2.75, 3.05) is 0 Å². The molecular weight excluding hydrogens is 683 g/mol. The normalized spacial score (nSPS) is 11.6. The maximum atomic E-state index is 5.14. The zero-order valence-corrected chi connectivity index (χ0v) is 30.3. The van der Waals surface area contributed by atoms with Crippen LogP contribution in [0.25, 0.3) is 100 Å². The molecule has 0 saturated heterocycles. The third kappa shape index (κ3) is 5.29. The monoisotopic (exact) mass is 715 g/mol. The Bertz CT molecular complexity index is 3180. The predicted molar refractivity (Wildman–Crippen MR) is 230 cm³/mol. The topological polar surface area (TPSA) is 48.5 Å². The molecule has 0 spiro atoms. The molecule has 0 aliphatic heterocycles. The van der Waals surface area contributed by atoms with Crippen molar-refractivity contribution in [3.63, 3.8) is 0 Å². The summed E-state index contributed by atoms with van der Waals surface area (Å²) in [4.78, 5) is 15.2. The second-order valence-electron chi connectivity index (χ2n) is 14.1. The van der Waals surface area contributed by atoms with Gasteiger partial charge in [-0.15, -0.1) is 0 Å². The number of para-hydroxylation sites is 4. The van der Waals surface area contributed by atoms with Crippen LogP contribution < -0.4 is 0 Å². The first-order valence-corrected chi connectivity index (χ1v) is 18.9. The van der Waals surface area contributed by atoms with Crippen LogP contribution in [-0.4, -0.2) is 24.1 Å². The van der Waals surface area contributed by atoms with Crippen LogP contribution in [0.5, 0.6) is 0 Å². The van der Waals surface area contributed by atoms with E-state index in [-0.39, 0.29) is 0 Å². The van der Waals surface area contributed by atoms with Crippen LogP contribution in [-0.2, 0) is 0 Å². The van der Waals surface area contributed by atoms with Crippen LogP contribution in [0.3, 0.4) is 0 Å². The first-order chi connectivity index (χ1) is 27.8. The highest BCUT2D eigenvalue weighted by Gasteiger charge is 2.17. The minimum absolute atomic E-state index is 0.628. The first-order valence-electron chi connectivity index (χ1n) is 18.9. The van der Waals surface area contributed by atoms with Crippen molar-refractivity contribution >= 4 is 43.6 Å². The van der Waals surface area contributed by atoms with Gasteiger partial charge in [-0.1, -0.05) is 152 Å². The standard InChI is InChI=1S/C51H33N5/c1-3-14-35(15-4-1)49-52-50(54-51(53-49)38-30-31-44-43-22-9-10-23-45(43)55(48(44)33-38)39-17-5-2-6-18-39)36-28-26-34(27-29-36)37-16-13-19-40(32-37)56-46-24-11-7-20-41(46)42-21-8-12-25-47(42)56/h1-33H. The molecule has 0 bridgehead atoms. The largest absolute Gasteiger partial charge is 0.309 e. The van der Waals surface area contributed by atoms with Crippen molar-refractivity contribution < 1.29 is 0 Å². The Balaban J connectivity index is 1.01. The van der Waals surface area contributed by atoms with E-state index in [1.807, 2.05) is 30.3 Å². The molecule has 0 radical (unpaired) electrons. The van der Waals surface area contributed by atoms with Crippen molar-refractivity contribution in [3.05, 3.63) is 200 Å². The van der Waals surface area contributed by atoms with Gasteiger partial charge in [0.1, 0.15) is 0 Å². The van der Waals surface area contributed by atoms with E-state index in [0.29, 0.717) is 17.5 Å². The van der Waals surface area contributed by atoms with E-state index < -0.39 is 0 Å². The molecule has 3 aromatic heterocycles. The third-order valence-corrected chi connectivity index (χ3v) is 10.8. The number of nitrogens with zero attached hydrogens (tertiary/aromatic N) is 5. The number of benzene rings is 8. The highest BCUT2D eigenvalue weighted by molar-refractivity contribution is 6.10. The minimum atomic E-state index is 0.628. The van der Waals surface area contributed by atoms with Gasteiger partial charge in [0, 0.05) is 49.6 Å². The van der Waals surface area contributed by atoms with E-state index in [1.54, 1.807) is 0 Å². The summed E-state index contributed by atoms with van der Waals surface area (Å²) >= 11 is 0. The summed E-state index contributed by atoms with van der Waals surface area (Å²) in [6.45, 7) is 0. The van der Waals surface area contributed by atoms with E-state index in [0.717, 1.165) is 50.2 Å². The summed E-state index contributed by atoms with van der Waals surface area (Å²) in [6.07, 6.45) is 0. The second kappa shape index (κ2) is 13.0. The number of hydrogen-bond acceptors (Lipinski definition) is 3. The number of hydrogen-bond donors (Lipinski definition) is 0.